The van der Waals surface area contributed by atoms with Crippen LogP contribution in [0.2, 0.25) is 10.0 Å². The molecule has 0 aliphatic rings. The summed E-state index contributed by atoms with van der Waals surface area (Å²) >= 11 is 11.8. The van der Waals surface area contributed by atoms with Crippen LogP contribution in [0.1, 0.15) is 0 Å². The van der Waals surface area contributed by atoms with Gasteiger partial charge in [-0.1, -0.05) is 23.2 Å². The van der Waals surface area contributed by atoms with Gasteiger partial charge in [0.05, 0.1) is 22.8 Å². The minimum Gasteiger partial charge on any atom is -0.481 e. The number of hydrogen-bond donors (Lipinski definition) is 2. The number of nitrogens with two attached hydrogens (primary N) is 1. The van der Waals surface area contributed by atoms with Gasteiger partial charge in [-0.05, 0) is 24.3 Å². The Morgan fingerprint density at radius 1 is 1.17 bits per heavy atom. The molecule has 0 radical (unpaired) electrons. The van der Waals surface area contributed by atoms with Crippen molar-refractivity contribution in [1.29, 1.82) is 0 Å². The van der Waals surface area contributed by atoms with Gasteiger partial charge in [0, 0.05) is 11.8 Å². The van der Waals surface area contributed by atoms with Gasteiger partial charge in [-0.25, -0.2) is 0 Å². The minimum atomic E-state index is 0.461. The fourth-order valence-corrected chi connectivity index (χ4v) is 1.67. The largest absolute Gasteiger partial charge is 0.481 e. The molecule has 18 heavy (non-hydrogen) atoms. The fraction of sp³-hybridized carbons (Fsp3) is 0.0833. The first-order chi connectivity index (χ1) is 8.60. The standard InChI is InChI=1S/C12H11Cl2N3O/c1-18-11-5-4-10(15)12(17-11)16-7-2-3-8(13)9(14)6-7/h2-6H,15H2,1H3,(H,16,17). The summed E-state index contributed by atoms with van der Waals surface area (Å²) in [4.78, 5) is 4.20. The topological polar surface area (TPSA) is 60.2 Å². The Morgan fingerprint density at radius 2 is 1.94 bits per heavy atom. The number of nitrogen functional groups attached to an aromatic ring is 1. The molecule has 0 aliphatic heterocycles. The van der Waals surface area contributed by atoms with Crippen molar-refractivity contribution in [3.8, 4) is 5.88 Å². The van der Waals surface area contributed by atoms with Crippen LogP contribution in [-0.2, 0) is 0 Å². The van der Waals surface area contributed by atoms with Crippen molar-refractivity contribution in [3.63, 3.8) is 0 Å². The van der Waals surface area contributed by atoms with Gasteiger partial charge in [-0.3, -0.25) is 0 Å². The maximum absolute atomic E-state index is 5.93. The summed E-state index contributed by atoms with van der Waals surface area (Å²) in [6.45, 7) is 0. The van der Waals surface area contributed by atoms with E-state index in [2.05, 4.69) is 10.3 Å². The molecule has 0 saturated heterocycles. The molecule has 1 aromatic heterocycles. The van der Waals surface area contributed by atoms with E-state index in [1.807, 2.05) is 0 Å². The summed E-state index contributed by atoms with van der Waals surface area (Å²) in [6, 6.07) is 8.59. The number of ether oxygens (including phenoxy) is 1. The second-order valence-electron chi connectivity index (χ2n) is 3.55. The highest BCUT2D eigenvalue weighted by molar-refractivity contribution is 6.42. The van der Waals surface area contributed by atoms with Crippen molar-refractivity contribution in [2.45, 2.75) is 0 Å². The minimum absolute atomic E-state index is 0.461. The Hall–Kier alpha value is -1.65. The number of methoxy groups -OCH3 is 1. The van der Waals surface area contributed by atoms with Gasteiger partial charge in [0.15, 0.2) is 5.82 Å². The van der Waals surface area contributed by atoms with Crippen LogP contribution in [0.3, 0.4) is 0 Å². The molecule has 0 bridgehead atoms. The van der Waals surface area contributed by atoms with Gasteiger partial charge in [0.25, 0.3) is 0 Å². The Morgan fingerprint density at radius 3 is 2.61 bits per heavy atom. The SMILES string of the molecule is COc1ccc(N)c(Nc2ccc(Cl)c(Cl)c2)n1. The van der Waals surface area contributed by atoms with E-state index in [0.29, 0.717) is 27.4 Å². The Bertz CT molecular complexity index is 575. The summed E-state index contributed by atoms with van der Waals surface area (Å²) in [5, 5.41) is 4.01. The summed E-state index contributed by atoms with van der Waals surface area (Å²) in [5.74, 6) is 0.986. The molecule has 1 heterocycles. The normalized spacial score (nSPS) is 10.2. The van der Waals surface area contributed by atoms with Crippen LogP contribution in [0.4, 0.5) is 17.2 Å². The average Bonchev–Trinajstić information content (AvgIpc) is 2.36. The number of hydrogen-bond acceptors (Lipinski definition) is 4. The van der Waals surface area contributed by atoms with Gasteiger partial charge in [-0.15, -0.1) is 0 Å². The Labute approximate surface area is 115 Å². The summed E-state index contributed by atoms with van der Waals surface area (Å²) in [6.07, 6.45) is 0. The molecular weight excluding hydrogens is 273 g/mol. The number of anilines is 3. The lowest BCUT2D eigenvalue weighted by Gasteiger charge is -2.10. The summed E-state index contributed by atoms with van der Waals surface area (Å²) < 4.78 is 5.04. The number of nitrogens with zero attached hydrogens (tertiary/aromatic N) is 1. The van der Waals surface area contributed by atoms with Crippen LogP contribution in [-0.4, -0.2) is 12.1 Å². The summed E-state index contributed by atoms with van der Waals surface area (Å²) in [7, 11) is 1.54. The molecule has 0 aliphatic carbocycles. The molecule has 6 heteroatoms. The monoisotopic (exact) mass is 283 g/mol. The Kier molecular flexibility index (Phi) is 3.79. The maximum Gasteiger partial charge on any atom is 0.215 e. The van der Waals surface area contributed by atoms with Crippen LogP contribution in [0.5, 0.6) is 5.88 Å². The maximum atomic E-state index is 5.93. The van der Waals surface area contributed by atoms with E-state index in [1.54, 1.807) is 37.4 Å². The average molecular weight is 284 g/mol. The van der Waals surface area contributed by atoms with E-state index in [4.69, 9.17) is 33.7 Å². The molecule has 0 amide bonds. The lowest BCUT2D eigenvalue weighted by Crippen LogP contribution is -2.00. The zero-order valence-electron chi connectivity index (χ0n) is 9.58. The number of aromatic nitrogens is 1. The van der Waals surface area contributed by atoms with Gasteiger partial charge in [0.1, 0.15) is 0 Å². The van der Waals surface area contributed by atoms with E-state index in [1.165, 1.54) is 0 Å². The van der Waals surface area contributed by atoms with Crippen molar-refractivity contribution in [3.05, 3.63) is 40.4 Å². The second-order valence-corrected chi connectivity index (χ2v) is 4.36. The third-order valence-corrected chi connectivity index (χ3v) is 3.03. The zero-order chi connectivity index (χ0) is 13.1. The predicted octanol–water partition coefficient (Wildman–Crippen LogP) is 3.72. The van der Waals surface area contributed by atoms with Crippen molar-refractivity contribution in [2.75, 3.05) is 18.2 Å². The van der Waals surface area contributed by atoms with Crippen molar-refractivity contribution < 1.29 is 4.74 Å². The van der Waals surface area contributed by atoms with E-state index in [0.717, 1.165) is 5.69 Å². The highest BCUT2D eigenvalue weighted by Crippen LogP contribution is 2.28. The van der Waals surface area contributed by atoms with Crippen molar-refractivity contribution >= 4 is 40.4 Å². The number of halogens is 2. The van der Waals surface area contributed by atoms with E-state index in [9.17, 15) is 0 Å². The van der Waals surface area contributed by atoms with Gasteiger partial charge in [0.2, 0.25) is 5.88 Å². The highest BCUT2D eigenvalue weighted by Gasteiger charge is 2.05. The van der Waals surface area contributed by atoms with Gasteiger partial charge >= 0.3 is 0 Å². The molecule has 0 saturated carbocycles. The second kappa shape index (κ2) is 5.33. The molecule has 4 nitrogen and oxygen atoms in total. The third-order valence-electron chi connectivity index (χ3n) is 2.29. The van der Waals surface area contributed by atoms with E-state index < -0.39 is 0 Å². The van der Waals surface area contributed by atoms with Gasteiger partial charge in [-0.2, -0.15) is 4.98 Å². The Balaban J connectivity index is 2.30. The molecule has 1 aromatic carbocycles. The lowest BCUT2D eigenvalue weighted by atomic mass is 10.3. The van der Waals surface area contributed by atoms with E-state index >= 15 is 0 Å². The van der Waals surface area contributed by atoms with Crippen LogP contribution in [0, 0.1) is 0 Å². The van der Waals surface area contributed by atoms with Crippen molar-refractivity contribution in [1.82, 2.24) is 4.98 Å². The lowest BCUT2D eigenvalue weighted by molar-refractivity contribution is 0.398. The first-order valence-corrected chi connectivity index (χ1v) is 5.88. The summed E-state index contributed by atoms with van der Waals surface area (Å²) in [5.41, 5.74) is 7.08. The number of pyridine rings is 1. The van der Waals surface area contributed by atoms with Crippen LogP contribution >= 0.6 is 23.2 Å². The van der Waals surface area contributed by atoms with Crippen LogP contribution in [0.25, 0.3) is 0 Å². The van der Waals surface area contributed by atoms with Gasteiger partial charge < -0.3 is 15.8 Å². The van der Waals surface area contributed by atoms with Crippen LogP contribution < -0.4 is 15.8 Å². The molecule has 0 spiro atoms. The number of benzene rings is 1. The molecule has 0 unspecified atom stereocenters. The first kappa shape index (κ1) is 12.8. The molecule has 0 fully saturated rings. The quantitative estimate of drug-likeness (QED) is 0.901. The van der Waals surface area contributed by atoms with E-state index in [-0.39, 0.29) is 0 Å². The molecule has 0 atom stereocenters. The molecule has 2 aromatic rings. The zero-order valence-corrected chi connectivity index (χ0v) is 11.1. The third kappa shape index (κ3) is 2.78. The fourth-order valence-electron chi connectivity index (χ4n) is 1.38. The predicted molar refractivity (Wildman–Crippen MR) is 74.9 cm³/mol. The molecule has 3 N–H and O–H groups in total. The molecular formula is C12H11Cl2N3O. The number of rotatable bonds is 3. The van der Waals surface area contributed by atoms with Crippen LogP contribution in [0.15, 0.2) is 30.3 Å². The molecule has 2 rings (SSSR count). The van der Waals surface area contributed by atoms with Crippen molar-refractivity contribution in [2.24, 2.45) is 0 Å². The molecule has 94 valence electrons. The number of nitrogens with one attached hydrogen (secondary N) is 1. The first-order valence-electron chi connectivity index (χ1n) is 5.12. The highest BCUT2D eigenvalue weighted by atomic mass is 35.5. The smallest absolute Gasteiger partial charge is 0.215 e.